The summed E-state index contributed by atoms with van der Waals surface area (Å²) in [5, 5.41) is 25.1. The maximum absolute atomic E-state index is 12.0. The molecule has 3 aromatic rings. The van der Waals surface area contributed by atoms with Gasteiger partial charge in [-0.3, -0.25) is 9.48 Å². The molecule has 29 heavy (non-hydrogen) atoms. The van der Waals surface area contributed by atoms with Gasteiger partial charge < -0.3 is 19.5 Å². The smallest absolute Gasteiger partial charge is 0.352 e. The lowest BCUT2D eigenvalue weighted by atomic mass is 9.98. The number of aromatic carboxylic acids is 1. The Morgan fingerprint density at radius 1 is 1.24 bits per heavy atom. The minimum atomic E-state index is -1.10. The third-order valence-corrected chi connectivity index (χ3v) is 5.54. The minimum Gasteiger partial charge on any atom is -0.477 e. The zero-order chi connectivity index (χ0) is 21.5. The summed E-state index contributed by atoms with van der Waals surface area (Å²) in [4.78, 5) is 23.7. The van der Waals surface area contributed by atoms with Crippen LogP contribution >= 0.6 is 11.6 Å². The number of aryl methyl sites for hydroxylation is 3. The molecule has 2 N–H and O–H groups in total. The fourth-order valence-electron chi connectivity index (χ4n) is 3.81. The van der Waals surface area contributed by atoms with Gasteiger partial charge in [-0.05, 0) is 25.0 Å². The molecule has 0 unspecified atom stereocenters. The largest absolute Gasteiger partial charge is 0.477 e. The Morgan fingerprint density at radius 2 is 1.93 bits per heavy atom. The highest BCUT2D eigenvalue weighted by molar-refractivity contribution is 6.35. The predicted octanol–water partition coefficient (Wildman–Crippen LogP) is 2.84. The molecule has 9 heteroatoms. The zero-order valence-electron chi connectivity index (χ0n) is 16.6. The van der Waals surface area contributed by atoms with Gasteiger partial charge in [0.15, 0.2) is 0 Å². The SMILES string of the molecule is COC(=O)CCc1c(C(=O)O)n(C)c2c(-c3c(CO)nn(C)c3C)c(Cl)ccc12. The average molecular weight is 420 g/mol. The molecule has 0 aliphatic carbocycles. The molecule has 0 saturated carbocycles. The van der Waals surface area contributed by atoms with Crippen molar-refractivity contribution in [1.29, 1.82) is 0 Å². The number of hydrogen-bond acceptors (Lipinski definition) is 5. The first kappa shape index (κ1) is 20.9. The number of aliphatic hydroxyl groups excluding tert-OH is 1. The van der Waals surface area contributed by atoms with E-state index in [1.54, 1.807) is 35.5 Å². The Bertz CT molecular complexity index is 1130. The Balaban J connectivity index is 2.38. The molecule has 2 aromatic heterocycles. The normalized spacial score (nSPS) is 11.2. The summed E-state index contributed by atoms with van der Waals surface area (Å²) in [5.41, 5.74) is 3.74. The lowest BCUT2D eigenvalue weighted by Crippen LogP contribution is -2.09. The van der Waals surface area contributed by atoms with Gasteiger partial charge in [0.2, 0.25) is 0 Å². The minimum absolute atomic E-state index is 0.0572. The number of carboxylic acids is 1. The summed E-state index contributed by atoms with van der Waals surface area (Å²) in [6, 6.07) is 3.45. The number of ether oxygens (including phenoxy) is 1. The van der Waals surface area contributed by atoms with Gasteiger partial charge in [-0.25, -0.2) is 4.79 Å². The second-order valence-electron chi connectivity index (χ2n) is 6.77. The number of aromatic nitrogens is 3. The van der Waals surface area contributed by atoms with Gasteiger partial charge in [0, 0.05) is 42.7 Å². The fourth-order valence-corrected chi connectivity index (χ4v) is 4.05. The van der Waals surface area contributed by atoms with E-state index in [1.807, 2.05) is 6.92 Å². The van der Waals surface area contributed by atoms with Gasteiger partial charge in [0.1, 0.15) is 5.69 Å². The number of hydrogen-bond donors (Lipinski definition) is 2. The summed E-state index contributed by atoms with van der Waals surface area (Å²) in [6.45, 7) is 1.57. The third-order valence-electron chi connectivity index (χ3n) is 5.22. The van der Waals surface area contributed by atoms with Gasteiger partial charge >= 0.3 is 11.9 Å². The summed E-state index contributed by atoms with van der Waals surface area (Å²) in [7, 11) is 4.71. The van der Waals surface area contributed by atoms with Crippen molar-refractivity contribution in [2.24, 2.45) is 14.1 Å². The topological polar surface area (TPSA) is 107 Å². The summed E-state index contributed by atoms with van der Waals surface area (Å²) in [5.74, 6) is -1.52. The number of halogens is 1. The molecule has 154 valence electrons. The van der Waals surface area contributed by atoms with E-state index in [1.165, 1.54) is 7.11 Å². The summed E-state index contributed by atoms with van der Waals surface area (Å²) >= 11 is 6.56. The van der Waals surface area contributed by atoms with E-state index in [-0.39, 0.29) is 25.1 Å². The lowest BCUT2D eigenvalue weighted by Gasteiger charge is -2.11. The number of rotatable bonds is 6. The van der Waals surface area contributed by atoms with Crippen molar-refractivity contribution in [2.45, 2.75) is 26.4 Å². The molecule has 0 aliphatic heterocycles. The lowest BCUT2D eigenvalue weighted by molar-refractivity contribution is -0.140. The number of carboxylic acid groups (broad SMARTS) is 1. The van der Waals surface area contributed by atoms with Gasteiger partial charge in [0.25, 0.3) is 0 Å². The van der Waals surface area contributed by atoms with Crippen LogP contribution in [-0.4, -0.2) is 43.6 Å². The van der Waals surface area contributed by atoms with E-state index in [0.29, 0.717) is 38.3 Å². The van der Waals surface area contributed by atoms with E-state index >= 15 is 0 Å². The van der Waals surface area contributed by atoms with Crippen molar-refractivity contribution in [3.63, 3.8) is 0 Å². The number of carbonyl (C=O) groups excluding carboxylic acids is 1. The number of carbonyl (C=O) groups is 2. The second-order valence-corrected chi connectivity index (χ2v) is 7.18. The van der Waals surface area contributed by atoms with E-state index in [0.717, 1.165) is 5.69 Å². The van der Waals surface area contributed by atoms with Gasteiger partial charge in [-0.2, -0.15) is 5.10 Å². The summed E-state index contributed by atoms with van der Waals surface area (Å²) < 4.78 is 7.92. The molecule has 2 heterocycles. The van der Waals surface area contributed by atoms with E-state index in [2.05, 4.69) is 5.10 Å². The Labute approximate surface area is 172 Å². The molecule has 3 rings (SSSR count). The second kappa shape index (κ2) is 7.88. The number of fused-ring (bicyclic) bond motifs is 1. The predicted molar refractivity (Wildman–Crippen MR) is 108 cm³/mol. The van der Waals surface area contributed by atoms with Crippen molar-refractivity contribution in [3.05, 3.63) is 39.8 Å². The first-order valence-corrected chi connectivity index (χ1v) is 9.34. The standard InChI is InChI=1S/C20H22ClN3O5/c1-10-16(14(9-25)22-24(10)3)17-13(21)7-5-11-12(6-8-15(26)29-4)19(20(27)28)23(2)18(11)17/h5,7,25H,6,8-9H2,1-4H3,(H,27,28). The van der Waals surface area contributed by atoms with Crippen LogP contribution in [0.5, 0.6) is 0 Å². The van der Waals surface area contributed by atoms with Crippen LogP contribution in [0.4, 0.5) is 0 Å². The van der Waals surface area contributed by atoms with Crippen LogP contribution in [0.15, 0.2) is 12.1 Å². The molecular formula is C20H22ClN3O5. The van der Waals surface area contributed by atoms with Crippen LogP contribution in [0, 0.1) is 6.92 Å². The third kappa shape index (κ3) is 3.38. The van der Waals surface area contributed by atoms with E-state index < -0.39 is 11.9 Å². The average Bonchev–Trinajstić information content (AvgIpc) is 3.13. The number of aliphatic hydroxyl groups is 1. The van der Waals surface area contributed by atoms with Gasteiger partial charge in [0.05, 0.1) is 29.9 Å². The molecular weight excluding hydrogens is 398 g/mol. The van der Waals surface area contributed by atoms with Crippen molar-refractivity contribution in [3.8, 4) is 11.1 Å². The van der Waals surface area contributed by atoms with Crippen LogP contribution in [-0.2, 0) is 36.7 Å². The first-order valence-electron chi connectivity index (χ1n) is 8.96. The fraction of sp³-hybridized carbons (Fsp3) is 0.350. The van der Waals surface area contributed by atoms with Crippen molar-refractivity contribution in [1.82, 2.24) is 14.3 Å². The van der Waals surface area contributed by atoms with Crippen LogP contribution in [0.1, 0.15) is 33.9 Å². The number of methoxy groups -OCH3 is 1. The molecule has 0 bridgehead atoms. The Hall–Kier alpha value is -2.84. The van der Waals surface area contributed by atoms with Crippen LogP contribution in [0.25, 0.3) is 22.0 Å². The van der Waals surface area contributed by atoms with Crippen LogP contribution in [0.2, 0.25) is 5.02 Å². The van der Waals surface area contributed by atoms with Crippen molar-refractivity contribution < 1.29 is 24.5 Å². The van der Waals surface area contributed by atoms with Crippen LogP contribution < -0.4 is 0 Å². The van der Waals surface area contributed by atoms with Gasteiger partial charge in [-0.1, -0.05) is 17.7 Å². The van der Waals surface area contributed by atoms with Crippen LogP contribution in [0.3, 0.4) is 0 Å². The molecule has 1 aromatic carbocycles. The van der Waals surface area contributed by atoms with E-state index in [9.17, 15) is 19.8 Å². The number of esters is 1. The molecule has 0 spiro atoms. The Kier molecular flexibility index (Phi) is 5.68. The van der Waals surface area contributed by atoms with E-state index in [4.69, 9.17) is 16.3 Å². The number of benzene rings is 1. The first-order chi connectivity index (χ1) is 13.7. The molecule has 8 nitrogen and oxygen atoms in total. The highest BCUT2D eigenvalue weighted by Crippen LogP contribution is 2.41. The molecule has 0 fully saturated rings. The zero-order valence-corrected chi connectivity index (χ0v) is 17.4. The highest BCUT2D eigenvalue weighted by Gasteiger charge is 2.27. The Morgan fingerprint density at radius 3 is 2.52 bits per heavy atom. The summed E-state index contributed by atoms with van der Waals surface area (Å²) in [6.07, 6.45) is 0.271. The quantitative estimate of drug-likeness (QED) is 0.595. The maximum atomic E-state index is 12.0. The molecule has 0 radical (unpaired) electrons. The van der Waals surface area contributed by atoms with Crippen molar-refractivity contribution >= 4 is 34.4 Å². The van der Waals surface area contributed by atoms with Gasteiger partial charge in [-0.15, -0.1) is 0 Å². The molecule has 0 aliphatic rings. The number of nitrogens with zero attached hydrogens (tertiary/aromatic N) is 3. The maximum Gasteiger partial charge on any atom is 0.352 e. The van der Waals surface area contributed by atoms with Crippen molar-refractivity contribution in [2.75, 3.05) is 7.11 Å². The molecule has 0 amide bonds. The monoisotopic (exact) mass is 419 g/mol. The molecule has 0 atom stereocenters. The highest BCUT2D eigenvalue weighted by atomic mass is 35.5. The molecule has 0 saturated heterocycles.